The van der Waals surface area contributed by atoms with Crippen LogP contribution < -0.4 is 0 Å². The van der Waals surface area contributed by atoms with E-state index < -0.39 is 0 Å². The Bertz CT molecular complexity index is 220. The first kappa shape index (κ1) is 8.00. The highest BCUT2D eigenvalue weighted by molar-refractivity contribution is 5.86. The van der Waals surface area contributed by atoms with E-state index in [1.165, 1.54) is 44.9 Å². The first-order valence-corrected chi connectivity index (χ1v) is 5.09. The van der Waals surface area contributed by atoms with Crippen LogP contribution in [0.4, 0.5) is 0 Å². The van der Waals surface area contributed by atoms with Crippen molar-refractivity contribution < 1.29 is 4.79 Å². The van der Waals surface area contributed by atoms with Crippen molar-refractivity contribution in [2.75, 3.05) is 0 Å². The van der Waals surface area contributed by atoms with Crippen LogP contribution >= 0.6 is 0 Å². The zero-order chi connectivity index (χ0) is 8.44. The molecule has 0 unspecified atom stereocenters. The van der Waals surface area contributed by atoms with Gasteiger partial charge in [0.1, 0.15) is 0 Å². The summed E-state index contributed by atoms with van der Waals surface area (Å²) in [5.41, 5.74) is 10.3. The first-order chi connectivity index (χ1) is 5.87. The second-order valence-corrected chi connectivity index (χ2v) is 4.24. The molecule has 0 aromatic heterocycles. The fraction of sp³-hybridized carbons (Fsp3) is 0.900. The average molecular weight is 164 g/mol. The molecule has 0 aliphatic heterocycles. The molecule has 0 atom stereocenters. The van der Waals surface area contributed by atoms with E-state index in [0.29, 0.717) is 5.41 Å². The van der Waals surface area contributed by atoms with Gasteiger partial charge in [0, 0.05) is 6.42 Å². The van der Waals surface area contributed by atoms with Crippen molar-refractivity contribution in [3.8, 4) is 0 Å². The Labute approximate surface area is 73.6 Å². The Morgan fingerprint density at radius 2 is 1.58 bits per heavy atom. The van der Waals surface area contributed by atoms with Crippen molar-refractivity contribution in [2.45, 2.75) is 51.4 Å². The van der Waals surface area contributed by atoms with Gasteiger partial charge >= 0.3 is 0 Å². The van der Waals surface area contributed by atoms with Gasteiger partial charge in [0.15, 0.2) is 0 Å². The summed E-state index contributed by atoms with van der Waals surface area (Å²) >= 11 is 0. The van der Waals surface area contributed by atoms with Gasteiger partial charge in [0.05, 0.1) is 5.41 Å². The Hall–Kier alpha value is -0.620. The van der Waals surface area contributed by atoms with Gasteiger partial charge < -0.3 is 5.53 Å². The molecule has 0 radical (unpaired) electrons. The molecule has 2 saturated carbocycles. The summed E-state index contributed by atoms with van der Waals surface area (Å²) in [4.78, 5) is 3.50. The normalized spacial score (nSPS) is 27.5. The van der Waals surface area contributed by atoms with Crippen LogP contribution in [0.5, 0.6) is 0 Å². The predicted molar refractivity (Wildman–Crippen MR) is 48.0 cm³/mol. The van der Waals surface area contributed by atoms with E-state index in [-0.39, 0.29) is 0 Å². The maximum absolute atomic E-state index is 8.90. The fourth-order valence-corrected chi connectivity index (χ4v) is 2.91. The van der Waals surface area contributed by atoms with Crippen molar-refractivity contribution in [3.63, 3.8) is 0 Å². The molecule has 0 heterocycles. The molecule has 12 heavy (non-hydrogen) atoms. The summed E-state index contributed by atoms with van der Waals surface area (Å²) in [6.45, 7) is 0. The largest absolute Gasteiger partial charge is 0.362 e. The monoisotopic (exact) mass is 164 g/mol. The molecule has 0 aromatic carbocycles. The van der Waals surface area contributed by atoms with Crippen LogP contribution in [0, 0.1) is 5.41 Å². The summed E-state index contributed by atoms with van der Waals surface area (Å²) < 4.78 is 0. The van der Waals surface area contributed by atoms with Gasteiger partial charge in [0.25, 0.3) is 5.71 Å². The Kier molecular flexibility index (Phi) is 2.02. The van der Waals surface area contributed by atoms with Crippen LogP contribution in [-0.4, -0.2) is 10.5 Å². The van der Waals surface area contributed by atoms with Crippen molar-refractivity contribution in [1.29, 1.82) is 0 Å². The third-order valence-corrected chi connectivity index (χ3v) is 3.61. The number of nitrogens with zero attached hydrogens (tertiary/aromatic N) is 2. The first-order valence-electron chi connectivity index (χ1n) is 5.09. The summed E-state index contributed by atoms with van der Waals surface area (Å²) in [6.07, 6.45) is 10.1. The van der Waals surface area contributed by atoms with Gasteiger partial charge in [-0.1, -0.05) is 19.3 Å². The molecular formula is C10H16N2. The number of hydrogen-bond acceptors (Lipinski definition) is 0. The van der Waals surface area contributed by atoms with Gasteiger partial charge in [-0.3, -0.25) is 0 Å². The maximum atomic E-state index is 8.90. The zero-order valence-electron chi connectivity index (χ0n) is 7.55. The summed E-state index contributed by atoms with van der Waals surface area (Å²) in [5.74, 6) is 0. The van der Waals surface area contributed by atoms with Crippen molar-refractivity contribution in [2.24, 2.45) is 5.41 Å². The predicted octanol–water partition coefficient (Wildman–Crippen LogP) is 2.79. The Morgan fingerprint density at radius 3 is 2.17 bits per heavy atom. The van der Waals surface area contributed by atoms with Crippen LogP contribution in [0.1, 0.15) is 51.4 Å². The number of rotatable bonds is 0. The van der Waals surface area contributed by atoms with Gasteiger partial charge in [-0.2, -0.15) is 4.79 Å². The van der Waals surface area contributed by atoms with E-state index in [2.05, 4.69) is 4.79 Å². The van der Waals surface area contributed by atoms with Crippen LogP contribution in [0.3, 0.4) is 0 Å². The molecule has 0 bridgehead atoms. The minimum absolute atomic E-state index is 0.340. The van der Waals surface area contributed by atoms with Gasteiger partial charge in [-0.05, 0) is 25.7 Å². The smallest absolute Gasteiger partial charge is 0.274 e. The standard InChI is InChI=1S/C10H16N2/c11-12-9-5-1-2-6-10(9)7-3-4-8-10/h1-8H2. The van der Waals surface area contributed by atoms with Crippen LogP contribution in [-0.2, 0) is 0 Å². The molecule has 0 N–H and O–H groups in total. The molecule has 0 amide bonds. The SMILES string of the molecule is [N-]=[N+]=C1CCCCC12CCCC2. The van der Waals surface area contributed by atoms with E-state index in [0.717, 1.165) is 12.1 Å². The third kappa shape index (κ3) is 1.11. The van der Waals surface area contributed by atoms with Crippen LogP contribution in [0.15, 0.2) is 0 Å². The quantitative estimate of drug-likeness (QED) is 0.390. The topological polar surface area (TPSA) is 36.4 Å². The molecule has 0 aromatic rings. The van der Waals surface area contributed by atoms with Gasteiger partial charge in [-0.15, -0.1) is 0 Å². The lowest BCUT2D eigenvalue weighted by atomic mass is 9.71. The molecule has 1 spiro atoms. The Morgan fingerprint density at radius 1 is 1.00 bits per heavy atom. The highest BCUT2D eigenvalue weighted by Gasteiger charge is 2.45. The van der Waals surface area contributed by atoms with Crippen molar-refractivity contribution in [3.05, 3.63) is 5.53 Å². The molecule has 2 aliphatic rings. The minimum atomic E-state index is 0.340. The maximum Gasteiger partial charge on any atom is 0.274 e. The number of hydrogen-bond donors (Lipinski definition) is 0. The third-order valence-electron chi connectivity index (χ3n) is 3.61. The van der Waals surface area contributed by atoms with Crippen LogP contribution in [0.25, 0.3) is 5.53 Å². The second kappa shape index (κ2) is 3.02. The molecular weight excluding hydrogens is 148 g/mol. The molecule has 66 valence electrons. The molecule has 2 rings (SSSR count). The van der Waals surface area contributed by atoms with E-state index >= 15 is 0 Å². The van der Waals surface area contributed by atoms with Crippen molar-refractivity contribution in [1.82, 2.24) is 0 Å². The molecule has 0 saturated heterocycles. The van der Waals surface area contributed by atoms with E-state index in [1.807, 2.05) is 0 Å². The Balaban J connectivity index is 2.24. The highest BCUT2D eigenvalue weighted by atomic mass is 14.9. The fourth-order valence-electron chi connectivity index (χ4n) is 2.91. The van der Waals surface area contributed by atoms with Gasteiger partial charge in [-0.25, -0.2) is 0 Å². The summed E-state index contributed by atoms with van der Waals surface area (Å²) in [5, 5.41) is 0. The van der Waals surface area contributed by atoms with E-state index in [1.54, 1.807) is 0 Å². The lowest BCUT2D eigenvalue weighted by Crippen LogP contribution is -2.32. The van der Waals surface area contributed by atoms with Crippen LogP contribution in [0.2, 0.25) is 0 Å². The molecule has 2 nitrogen and oxygen atoms in total. The lowest BCUT2D eigenvalue weighted by molar-refractivity contribution is -0.0281. The summed E-state index contributed by atoms with van der Waals surface area (Å²) in [7, 11) is 0. The van der Waals surface area contributed by atoms with E-state index in [9.17, 15) is 0 Å². The average Bonchev–Trinajstić information content (AvgIpc) is 2.55. The zero-order valence-corrected chi connectivity index (χ0v) is 7.55. The second-order valence-electron chi connectivity index (χ2n) is 4.24. The molecule has 2 heteroatoms. The molecule has 2 fully saturated rings. The highest BCUT2D eigenvalue weighted by Crippen LogP contribution is 2.46. The van der Waals surface area contributed by atoms with E-state index in [4.69, 9.17) is 5.53 Å². The minimum Gasteiger partial charge on any atom is -0.362 e. The summed E-state index contributed by atoms with van der Waals surface area (Å²) in [6, 6.07) is 0. The lowest BCUT2D eigenvalue weighted by Gasteiger charge is -2.27. The molecule has 2 aliphatic carbocycles. The van der Waals surface area contributed by atoms with Gasteiger partial charge in [0.2, 0.25) is 0 Å². The van der Waals surface area contributed by atoms with Crippen molar-refractivity contribution >= 4 is 5.71 Å².